The Morgan fingerprint density at radius 3 is 2.35 bits per heavy atom. The third-order valence-electron chi connectivity index (χ3n) is 5.62. The van der Waals surface area contributed by atoms with Gasteiger partial charge in [-0.3, -0.25) is 4.72 Å². The van der Waals surface area contributed by atoms with E-state index in [1.807, 2.05) is 20.8 Å². The second-order valence-electron chi connectivity index (χ2n) is 9.99. The van der Waals surface area contributed by atoms with Gasteiger partial charge in [-0.05, 0) is 18.2 Å². The Bertz CT molecular complexity index is 2120. The maximum atomic E-state index is 13.7. The molecule has 242 valence electrons. The van der Waals surface area contributed by atoms with E-state index >= 15 is 0 Å². The van der Waals surface area contributed by atoms with Gasteiger partial charge in [0.1, 0.15) is 29.7 Å². The Morgan fingerprint density at radius 1 is 1.09 bits per heavy atom. The Labute approximate surface area is 268 Å². The van der Waals surface area contributed by atoms with Gasteiger partial charge in [0.25, 0.3) is 15.2 Å². The topological polar surface area (TPSA) is 156 Å². The summed E-state index contributed by atoms with van der Waals surface area (Å²) < 4.78 is 84.1. The normalized spacial score (nSPS) is 11.5. The Hall–Kier alpha value is -4.79. The number of para-hydroxylation sites is 1. The van der Waals surface area contributed by atoms with Crippen molar-refractivity contribution in [3.63, 3.8) is 0 Å². The summed E-state index contributed by atoms with van der Waals surface area (Å²) in [6, 6.07) is 5.53. The van der Waals surface area contributed by atoms with Crippen molar-refractivity contribution in [2.45, 2.75) is 31.3 Å². The number of sulfonamides is 1. The van der Waals surface area contributed by atoms with Crippen molar-refractivity contribution >= 4 is 44.6 Å². The number of benzene rings is 2. The largest absolute Gasteiger partial charge is 0.479 e. The van der Waals surface area contributed by atoms with Crippen LogP contribution in [0, 0.1) is 29.8 Å². The average Bonchev–Trinajstić information content (AvgIpc) is 3.61. The molecule has 0 atom stereocenters. The second-order valence-corrected chi connectivity index (χ2v) is 12.4. The van der Waals surface area contributed by atoms with E-state index in [9.17, 15) is 26.4 Å². The van der Waals surface area contributed by atoms with Gasteiger partial charge in [0, 0.05) is 11.5 Å². The van der Waals surface area contributed by atoms with Gasteiger partial charge in [-0.25, -0.2) is 22.9 Å². The fourth-order valence-electron chi connectivity index (χ4n) is 3.48. The van der Waals surface area contributed by atoms with E-state index in [1.54, 1.807) is 4.72 Å². The van der Waals surface area contributed by atoms with Crippen molar-refractivity contribution < 1.29 is 35.5 Å². The number of ether oxygens (including phenoxy) is 2. The number of methoxy groups -OCH3 is 1. The fourth-order valence-corrected chi connectivity index (χ4v) is 4.95. The molecule has 46 heavy (non-hydrogen) atoms. The van der Waals surface area contributed by atoms with Crippen LogP contribution in [0.1, 0.15) is 26.7 Å². The van der Waals surface area contributed by atoms with Crippen LogP contribution in [0.25, 0.3) is 11.3 Å². The first-order valence-electron chi connectivity index (χ1n) is 12.7. The Balaban J connectivity index is 0.000000210. The van der Waals surface area contributed by atoms with Gasteiger partial charge < -0.3 is 13.9 Å². The summed E-state index contributed by atoms with van der Waals surface area (Å²) in [6.07, 6.45) is 5.92. The molecule has 2 aromatic carbocycles. The highest BCUT2D eigenvalue weighted by Gasteiger charge is 2.27. The van der Waals surface area contributed by atoms with Crippen molar-refractivity contribution in [3.8, 4) is 29.8 Å². The zero-order valence-corrected chi connectivity index (χ0v) is 26.5. The number of hydrogen-bond donors (Lipinski definition) is 1. The minimum atomic E-state index is -4.58. The predicted molar refractivity (Wildman–Crippen MR) is 160 cm³/mol. The molecule has 0 saturated carbocycles. The number of fused-ring (bicyclic) bond motifs is 1. The van der Waals surface area contributed by atoms with Crippen LogP contribution in [-0.4, -0.2) is 51.5 Å². The minimum absolute atomic E-state index is 0.0434. The number of halogens is 5. The van der Waals surface area contributed by atoms with E-state index in [4.69, 9.17) is 43.5 Å². The molecule has 13 nitrogen and oxygen atoms in total. The minimum Gasteiger partial charge on any atom is -0.479 e. The monoisotopic (exact) mass is 699 g/mol. The molecular weight excluding hydrogens is 678 g/mol. The van der Waals surface area contributed by atoms with E-state index in [1.165, 1.54) is 19.2 Å². The lowest BCUT2D eigenvalue weighted by Gasteiger charge is -2.11. The highest BCUT2D eigenvalue weighted by molar-refractivity contribution is 7.92. The summed E-state index contributed by atoms with van der Waals surface area (Å²) in [6.45, 7) is 5.69. The van der Waals surface area contributed by atoms with Crippen LogP contribution >= 0.6 is 23.2 Å². The van der Waals surface area contributed by atoms with Gasteiger partial charge >= 0.3 is 11.8 Å². The van der Waals surface area contributed by atoms with Crippen LogP contribution < -0.4 is 20.0 Å². The summed E-state index contributed by atoms with van der Waals surface area (Å²) in [7, 11) is -3.37. The molecule has 0 aliphatic heterocycles. The van der Waals surface area contributed by atoms with Gasteiger partial charge in [0.15, 0.2) is 11.5 Å². The summed E-state index contributed by atoms with van der Waals surface area (Å²) in [5.41, 5.74) is -1.48. The first kappa shape index (κ1) is 34.1. The quantitative estimate of drug-likeness (QED) is 0.234. The van der Waals surface area contributed by atoms with E-state index in [0.717, 1.165) is 29.1 Å². The molecule has 5 rings (SSSR count). The van der Waals surface area contributed by atoms with Crippen molar-refractivity contribution in [2.24, 2.45) is 0 Å². The third-order valence-corrected chi connectivity index (χ3v) is 7.35. The number of nitrogens with zero attached hydrogens (tertiary/aromatic N) is 6. The van der Waals surface area contributed by atoms with Crippen molar-refractivity contribution in [2.75, 3.05) is 18.4 Å². The Kier molecular flexibility index (Phi) is 9.85. The summed E-state index contributed by atoms with van der Waals surface area (Å²) >= 11 is 12.2. The number of nitrogens with one attached hydrogen (secondary N) is 1. The SMILES string of the molecule is C#CCOc1cc(-n2nc(C(C)(C)C)oc2=O)c(Cl)cc1Cl.COc1ncc(F)c2nc(S(=O)(=O)Nc3c(F)cccc3F)nn12. The van der Waals surface area contributed by atoms with E-state index < -0.39 is 55.1 Å². The molecule has 0 spiro atoms. The molecule has 0 aliphatic rings. The van der Waals surface area contributed by atoms with Crippen molar-refractivity contribution in [1.82, 2.24) is 29.4 Å². The van der Waals surface area contributed by atoms with Gasteiger partial charge in [-0.15, -0.1) is 16.6 Å². The van der Waals surface area contributed by atoms with Crippen LogP contribution in [0.5, 0.6) is 11.8 Å². The molecule has 0 bridgehead atoms. The molecule has 1 N–H and O–H groups in total. The molecule has 0 aliphatic carbocycles. The fraction of sp³-hybridized carbons (Fsp3) is 0.222. The van der Waals surface area contributed by atoms with Gasteiger partial charge in [-0.1, -0.05) is 56.0 Å². The first-order valence-corrected chi connectivity index (χ1v) is 14.9. The van der Waals surface area contributed by atoms with Crippen LogP contribution in [0.4, 0.5) is 18.9 Å². The average molecular weight is 700 g/mol. The second kappa shape index (κ2) is 13.3. The lowest BCUT2D eigenvalue weighted by Crippen LogP contribution is -2.16. The first-order chi connectivity index (χ1) is 21.6. The van der Waals surface area contributed by atoms with Crippen LogP contribution in [0.3, 0.4) is 0 Å². The number of aromatic nitrogens is 6. The van der Waals surface area contributed by atoms with Gasteiger partial charge in [-0.2, -0.15) is 22.6 Å². The van der Waals surface area contributed by atoms with Crippen LogP contribution in [-0.2, 0) is 15.4 Å². The van der Waals surface area contributed by atoms with Gasteiger partial charge in [0.2, 0.25) is 5.89 Å². The summed E-state index contributed by atoms with van der Waals surface area (Å²) in [4.78, 5) is 19.1. The molecule has 19 heteroatoms. The maximum absolute atomic E-state index is 13.7. The van der Waals surface area contributed by atoms with E-state index in [2.05, 4.69) is 26.1 Å². The highest BCUT2D eigenvalue weighted by Crippen LogP contribution is 2.33. The summed E-state index contributed by atoms with van der Waals surface area (Å²) in [5.74, 6) is -0.914. The third kappa shape index (κ3) is 7.19. The molecule has 0 saturated heterocycles. The standard InChI is InChI=1S/C15H14Cl2N2O3.C12H8F3N5O3S/c1-5-6-21-12-8-11(9(16)7-10(12)17)19-14(20)22-13(18-19)15(2,3)4;1-23-12-16-5-8(15)10-17-11(18-20(10)12)24(21,22)19-9-6(13)3-2-4-7(9)14/h1,7-8H,6H2,2-4H3;2-5,19H,1H3. The van der Waals surface area contributed by atoms with E-state index in [-0.39, 0.29) is 22.7 Å². The number of anilines is 1. The number of rotatable bonds is 7. The van der Waals surface area contributed by atoms with Crippen molar-refractivity contribution in [3.05, 3.63) is 80.5 Å². The molecule has 0 radical (unpaired) electrons. The zero-order chi connectivity index (χ0) is 34.0. The van der Waals surface area contributed by atoms with Crippen LogP contribution in [0.15, 0.2) is 50.9 Å². The maximum Gasteiger partial charge on any atom is 0.442 e. The smallest absolute Gasteiger partial charge is 0.442 e. The molecular formula is C27H22Cl2F3N7O6S. The van der Waals surface area contributed by atoms with Crippen LogP contribution in [0.2, 0.25) is 10.0 Å². The molecule has 0 fully saturated rings. The lowest BCUT2D eigenvalue weighted by atomic mass is 9.97. The Morgan fingerprint density at radius 2 is 1.76 bits per heavy atom. The molecule has 0 unspecified atom stereocenters. The van der Waals surface area contributed by atoms with Crippen molar-refractivity contribution in [1.29, 1.82) is 0 Å². The summed E-state index contributed by atoms with van der Waals surface area (Å²) in [5, 5.41) is 7.36. The predicted octanol–water partition coefficient (Wildman–Crippen LogP) is 4.79. The molecule has 0 amide bonds. The van der Waals surface area contributed by atoms with Gasteiger partial charge in [0.05, 0.1) is 29.0 Å². The molecule has 5 aromatic rings. The lowest BCUT2D eigenvalue weighted by molar-refractivity contribution is 0.363. The molecule has 3 heterocycles. The highest BCUT2D eigenvalue weighted by atomic mass is 35.5. The zero-order valence-electron chi connectivity index (χ0n) is 24.2. The number of terminal acetylenes is 1. The van der Waals surface area contributed by atoms with E-state index in [0.29, 0.717) is 21.8 Å². The number of hydrogen-bond acceptors (Lipinski definition) is 10. The molecule has 3 aromatic heterocycles.